The van der Waals surface area contributed by atoms with Crippen LogP contribution in [0.25, 0.3) is 0 Å². The van der Waals surface area contributed by atoms with Crippen LogP contribution in [0.4, 0.5) is 10.1 Å². The van der Waals surface area contributed by atoms with E-state index in [0.29, 0.717) is 0 Å². The van der Waals surface area contributed by atoms with Crippen molar-refractivity contribution in [2.75, 3.05) is 24.6 Å². The monoisotopic (exact) mass is 322 g/mol. The summed E-state index contributed by atoms with van der Waals surface area (Å²) in [4.78, 5) is 9.14. The van der Waals surface area contributed by atoms with Gasteiger partial charge in [0.1, 0.15) is 0 Å². The zero-order valence-corrected chi connectivity index (χ0v) is 11.8. The van der Waals surface area contributed by atoms with Crippen LogP contribution < -0.4 is 0 Å². The molecule has 0 N–H and O–H groups in total. The molecule has 0 spiro atoms. The fourth-order valence-corrected chi connectivity index (χ4v) is 4.77. The van der Waals surface area contributed by atoms with Crippen LogP contribution in [0.5, 0.6) is 0 Å². The van der Waals surface area contributed by atoms with E-state index in [9.17, 15) is 27.1 Å². The van der Waals surface area contributed by atoms with Crippen LogP contribution >= 0.6 is 0 Å². The summed E-state index contributed by atoms with van der Waals surface area (Å²) in [5.41, 5.74) is -1.06. The normalized spacial score (nSPS) is 18.1. The van der Waals surface area contributed by atoms with Gasteiger partial charge < -0.3 is 0 Å². The molecular weight excluding hydrogens is 311 g/mol. The molecule has 7 nitrogen and oxygen atoms in total. The number of nitro groups is 1. The number of nitro benzene ring substituents is 1. The first-order valence-electron chi connectivity index (χ1n) is 5.62. The second-order valence-electron chi connectivity index (χ2n) is 4.10. The predicted octanol–water partition coefficient (Wildman–Crippen LogP) is 0.487. The Labute approximate surface area is 117 Å². The second kappa shape index (κ2) is 5.54. The van der Waals surface area contributed by atoms with E-state index in [1.807, 2.05) is 0 Å². The van der Waals surface area contributed by atoms with Gasteiger partial charge in [-0.1, -0.05) is 6.07 Å². The van der Waals surface area contributed by atoms with E-state index in [1.54, 1.807) is 0 Å². The first-order chi connectivity index (χ1) is 9.34. The van der Waals surface area contributed by atoms with E-state index in [-0.39, 0.29) is 24.6 Å². The van der Waals surface area contributed by atoms with E-state index in [4.69, 9.17) is 0 Å². The Balaban J connectivity index is 2.47. The minimum Gasteiger partial charge on any atom is -0.259 e. The molecule has 1 aromatic rings. The summed E-state index contributed by atoms with van der Waals surface area (Å²) in [6, 6.07) is 2.95. The quantitative estimate of drug-likeness (QED) is 0.596. The van der Waals surface area contributed by atoms with Gasteiger partial charge in [0.25, 0.3) is 0 Å². The number of rotatable bonds is 3. The Morgan fingerprint density at radius 3 is 2.45 bits per heavy atom. The summed E-state index contributed by atoms with van der Waals surface area (Å²) in [6.45, 7) is 0.00518. The smallest absolute Gasteiger partial charge is 0.259 e. The Morgan fingerprint density at radius 2 is 1.90 bits per heavy atom. The Bertz CT molecular complexity index is 666. The first-order valence-corrected chi connectivity index (χ1v) is 8.55. The number of benzene rings is 1. The van der Waals surface area contributed by atoms with Gasteiger partial charge >= 0.3 is 5.69 Å². The van der Waals surface area contributed by atoms with Crippen molar-refractivity contribution in [1.29, 1.82) is 0 Å². The highest BCUT2D eigenvalue weighted by molar-refractivity contribution is 7.89. The fraction of sp³-hybridized carbons (Fsp3) is 0.400. The molecule has 1 saturated heterocycles. The van der Waals surface area contributed by atoms with E-state index < -0.39 is 42.1 Å². The molecule has 1 aliphatic rings. The van der Waals surface area contributed by atoms with Gasteiger partial charge in [-0.05, 0) is 12.1 Å². The molecule has 10 heteroatoms. The maximum atomic E-state index is 13.5. The molecule has 1 heterocycles. The van der Waals surface area contributed by atoms with Crippen molar-refractivity contribution in [3.8, 4) is 0 Å². The number of sulfonamides is 1. The average Bonchev–Trinajstić information content (AvgIpc) is 2.38. The van der Waals surface area contributed by atoms with Crippen LogP contribution in [0.15, 0.2) is 23.1 Å². The van der Waals surface area contributed by atoms with Gasteiger partial charge in [-0.15, -0.1) is 0 Å². The van der Waals surface area contributed by atoms with E-state index >= 15 is 0 Å². The number of hydrogen-bond acceptors (Lipinski definition) is 5. The molecule has 1 aliphatic heterocycles. The van der Waals surface area contributed by atoms with Crippen LogP contribution in [0, 0.1) is 15.9 Å². The Kier molecular flexibility index (Phi) is 4.16. The minimum absolute atomic E-state index is 0.00259. The highest BCUT2D eigenvalue weighted by Gasteiger charge is 2.35. The van der Waals surface area contributed by atoms with Crippen LogP contribution in [0.3, 0.4) is 0 Å². The third-order valence-electron chi connectivity index (χ3n) is 2.89. The number of halogens is 1. The first kappa shape index (κ1) is 15.0. The molecule has 110 valence electrons. The summed E-state index contributed by atoms with van der Waals surface area (Å²) in [5.74, 6) is -0.860. The molecule has 0 amide bonds. The third kappa shape index (κ3) is 2.72. The SMILES string of the molecule is O=[N+]([O-])c1c(F)cccc1S(=O)(=O)N1CCS(=O)CC1. The van der Waals surface area contributed by atoms with Crippen molar-refractivity contribution < 1.29 is 21.9 Å². The van der Waals surface area contributed by atoms with Gasteiger partial charge in [-0.25, -0.2) is 8.42 Å². The largest absolute Gasteiger partial charge is 0.324 e. The van der Waals surface area contributed by atoms with Gasteiger partial charge in [0.15, 0.2) is 4.90 Å². The number of nitrogens with zero attached hydrogens (tertiary/aromatic N) is 2. The zero-order chi connectivity index (χ0) is 14.9. The molecule has 0 atom stereocenters. The van der Waals surface area contributed by atoms with Gasteiger partial charge in [-0.3, -0.25) is 14.3 Å². The van der Waals surface area contributed by atoms with E-state index in [2.05, 4.69) is 0 Å². The lowest BCUT2D eigenvalue weighted by atomic mass is 10.3. The third-order valence-corrected chi connectivity index (χ3v) is 6.09. The summed E-state index contributed by atoms with van der Waals surface area (Å²) in [6.07, 6.45) is 0. The fourth-order valence-electron chi connectivity index (χ4n) is 1.88. The highest BCUT2D eigenvalue weighted by atomic mass is 32.2. The second-order valence-corrected chi connectivity index (χ2v) is 7.70. The lowest BCUT2D eigenvalue weighted by Crippen LogP contribution is -2.41. The molecule has 0 aromatic heterocycles. The summed E-state index contributed by atoms with van der Waals surface area (Å²) in [7, 11) is -5.25. The maximum absolute atomic E-state index is 13.5. The van der Waals surface area contributed by atoms with E-state index in [0.717, 1.165) is 22.5 Å². The van der Waals surface area contributed by atoms with E-state index in [1.165, 1.54) is 0 Å². The summed E-state index contributed by atoms with van der Waals surface area (Å²) in [5, 5.41) is 10.9. The highest BCUT2D eigenvalue weighted by Crippen LogP contribution is 2.29. The predicted molar refractivity (Wildman–Crippen MR) is 69.7 cm³/mol. The molecule has 2 rings (SSSR count). The zero-order valence-electron chi connectivity index (χ0n) is 10.2. The standard InChI is InChI=1S/C10H11FN2O5S2/c11-8-2-1-3-9(10(8)13(14)15)20(17,18)12-4-6-19(16)7-5-12/h1-3H,4-7H2. The van der Waals surface area contributed by atoms with Gasteiger partial charge in [0.05, 0.1) is 4.92 Å². The molecular formula is C10H11FN2O5S2. The minimum atomic E-state index is -4.17. The number of para-hydroxylation sites is 1. The van der Waals surface area contributed by atoms with Crippen molar-refractivity contribution in [1.82, 2.24) is 4.31 Å². The Morgan fingerprint density at radius 1 is 1.30 bits per heavy atom. The van der Waals surface area contributed by atoms with Gasteiger partial charge in [0.2, 0.25) is 15.8 Å². The lowest BCUT2D eigenvalue weighted by molar-refractivity contribution is -0.390. The molecule has 1 fully saturated rings. The van der Waals surface area contributed by atoms with Crippen molar-refractivity contribution in [2.45, 2.75) is 4.90 Å². The molecule has 20 heavy (non-hydrogen) atoms. The average molecular weight is 322 g/mol. The van der Waals surface area contributed by atoms with Gasteiger partial charge in [-0.2, -0.15) is 8.70 Å². The van der Waals surface area contributed by atoms with Crippen molar-refractivity contribution in [2.24, 2.45) is 0 Å². The topological polar surface area (TPSA) is 97.6 Å². The molecule has 0 radical (unpaired) electrons. The van der Waals surface area contributed by atoms with Gasteiger partial charge in [0, 0.05) is 35.4 Å². The van der Waals surface area contributed by atoms with Crippen LogP contribution in [-0.2, 0) is 20.8 Å². The van der Waals surface area contributed by atoms with Crippen molar-refractivity contribution in [3.05, 3.63) is 34.1 Å². The van der Waals surface area contributed by atoms with Crippen LogP contribution in [0.2, 0.25) is 0 Å². The van der Waals surface area contributed by atoms with Crippen molar-refractivity contribution >= 4 is 26.5 Å². The summed E-state index contributed by atoms with van der Waals surface area (Å²) >= 11 is 0. The van der Waals surface area contributed by atoms with Crippen LogP contribution in [-0.4, -0.2) is 46.5 Å². The summed E-state index contributed by atoms with van der Waals surface area (Å²) < 4.78 is 50.4. The number of hydrogen-bond donors (Lipinski definition) is 0. The maximum Gasteiger partial charge on any atom is 0.324 e. The molecule has 0 aliphatic carbocycles. The Hall–Kier alpha value is -1.39. The molecule has 0 unspecified atom stereocenters. The van der Waals surface area contributed by atoms with Crippen LogP contribution in [0.1, 0.15) is 0 Å². The lowest BCUT2D eigenvalue weighted by Gasteiger charge is -2.25. The molecule has 1 aromatic carbocycles. The molecule has 0 bridgehead atoms. The molecule has 0 saturated carbocycles. The van der Waals surface area contributed by atoms with Crippen molar-refractivity contribution in [3.63, 3.8) is 0 Å².